The summed E-state index contributed by atoms with van der Waals surface area (Å²) in [5.74, 6) is 1.20. The Balaban J connectivity index is 1.55. The quantitative estimate of drug-likeness (QED) is 0.384. The lowest BCUT2D eigenvalue weighted by Crippen LogP contribution is -2.33. The van der Waals surface area contributed by atoms with Gasteiger partial charge in [-0.3, -0.25) is 5.10 Å². The number of aliphatic hydroxyl groups excluding tert-OH is 1. The second-order valence-corrected chi connectivity index (χ2v) is 9.44. The van der Waals surface area contributed by atoms with E-state index in [-0.39, 0.29) is 36.1 Å². The van der Waals surface area contributed by atoms with Crippen molar-refractivity contribution in [2.45, 2.75) is 56.1 Å². The van der Waals surface area contributed by atoms with Crippen LogP contribution in [-0.2, 0) is 14.8 Å². The molecule has 2 heterocycles. The number of aliphatic hydroxyl groups is 1. The lowest BCUT2D eigenvalue weighted by Gasteiger charge is -2.14. The van der Waals surface area contributed by atoms with Crippen LogP contribution in [0.4, 0.5) is 16.4 Å². The number of carbonyl (C=O) groups is 1. The van der Waals surface area contributed by atoms with Gasteiger partial charge in [0.05, 0.1) is 6.61 Å². The van der Waals surface area contributed by atoms with E-state index in [2.05, 4.69) is 30.5 Å². The van der Waals surface area contributed by atoms with Crippen molar-refractivity contribution in [2.75, 3.05) is 18.5 Å². The van der Waals surface area contributed by atoms with Gasteiger partial charge in [-0.15, -0.1) is 0 Å². The molecule has 31 heavy (non-hydrogen) atoms. The highest BCUT2D eigenvalue weighted by atomic mass is 32.2. The molecule has 1 amide bonds. The summed E-state index contributed by atoms with van der Waals surface area (Å²) in [6, 6.07) is 4.86. The Hall–Kier alpha value is -2.70. The number of ether oxygens (including phenoxy) is 1. The van der Waals surface area contributed by atoms with Crippen LogP contribution in [0.3, 0.4) is 0 Å². The first-order valence-electron chi connectivity index (χ1n) is 10.1. The molecule has 0 aromatic carbocycles. The second-order valence-electron chi connectivity index (χ2n) is 7.67. The zero-order chi connectivity index (χ0) is 22.4. The van der Waals surface area contributed by atoms with E-state index < -0.39 is 16.1 Å². The third kappa shape index (κ3) is 6.39. The highest BCUT2D eigenvalue weighted by molar-refractivity contribution is 7.89. The van der Waals surface area contributed by atoms with Gasteiger partial charge in [-0.05, 0) is 45.2 Å². The molecule has 1 aliphatic carbocycles. The fourth-order valence-electron chi connectivity index (χ4n) is 3.37. The minimum absolute atomic E-state index is 0.00715. The van der Waals surface area contributed by atoms with Crippen LogP contribution in [0.5, 0.6) is 0 Å². The van der Waals surface area contributed by atoms with Crippen molar-refractivity contribution >= 4 is 27.8 Å². The van der Waals surface area contributed by atoms with Crippen LogP contribution in [0.15, 0.2) is 29.3 Å². The van der Waals surface area contributed by atoms with E-state index in [1.807, 2.05) is 19.9 Å². The summed E-state index contributed by atoms with van der Waals surface area (Å²) >= 11 is 0. The first kappa shape index (κ1) is 23.0. The number of H-pyrrole nitrogens is 1. The molecule has 0 spiro atoms. The van der Waals surface area contributed by atoms with Crippen molar-refractivity contribution in [3.63, 3.8) is 0 Å². The van der Waals surface area contributed by atoms with Gasteiger partial charge >= 0.3 is 6.09 Å². The summed E-state index contributed by atoms with van der Waals surface area (Å²) in [6.07, 6.45) is 3.11. The molecule has 1 fully saturated rings. The predicted molar refractivity (Wildman–Crippen MR) is 114 cm³/mol. The highest BCUT2D eigenvalue weighted by Gasteiger charge is 2.30. The molecule has 2 aromatic heterocycles. The molecule has 0 saturated heterocycles. The van der Waals surface area contributed by atoms with Crippen molar-refractivity contribution in [1.82, 2.24) is 25.2 Å². The van der Waals surface area contributed by atoms with Crippen LogP contribution in [-0.4, -0.2) is 60.1 Å². The molecule has 2 atom stereocenters. The third-order valence-corrected chi connectivity index (χ3v) is 6.26. The molecule has 12 heteroatoms. The number of anilines is 2. The van der Waals surface area contributed by atoms with Gasteiger partial charge in [-0.1, -0.05) is 0 Å². The largest absolute Gasteiger partial charge is 0.446 e. The molecule has 0 bridgehead atoms. The highest BCUT2D eigenvalue weighted by Crippen LogP contribution is 2.36. The summed E-state index contributed by atoms with van der Waals surface area (Å²) in [5, 5.41) is 21.8. The number of hydrogen-bond acceptors (Lipinski definition) is 8. The molecule has 11 nitrogen and oxygen atoms in total. The second kappa shape index (κ2) is 10.1. The Morgan fingerprint density at radius 1 is 1.32 bits per heavy atom. The fraction of sp³-hybridized carbons (Fsp3) is 0.526. The molecular formula is C19H28N6O5S. The Labute approximate surface area is 181 Å². The number of nitrogens with one attached hydrogen (secondary N) is 4. The van der Waals surface area contributed by atoms with Gasteiger partial charge in [0.25, 0.3) is 0 Å². The molecule has 1 saturated carbocycles. The normalized spacial score (nSPS) is 18.8. The van der Waals surface area contributed by atoms with Gasteiger partial charge in [-0.2, -0.15) is 5.10 Å². The number of sulfonamides is 1. The van der Waals surface area contributed by atoms with E-state index in [1.54, 1.807) is 0 Å². The smallest absolute Gasteiger partial charge is 0.407 e. The van der Waals surface area contributed by atoms with E-state index in [1.165, 1.54) is 18.3 Å². The van der Waals surface area contributed by atoms with Crippen LogP contribution >= 0.6 is 0 Å². The minimum atomic E-state index is -3.70. The van der Waals surface area contributed by atoms with E-state index in [0.29, 0.717) is 11.6 Å². The van der Waals surface area contributed by atoms with Crippen molar-refractivity contribution in [3.05, 3.63) is 30.1 Å². The molecule has 170 valence electrons. The Bertz CT molecular complexity index is 976. The maximum absolute atomic E-state index is 12.0. The summed E-state index contributed by atoms with van der Waals surface area (Å²) < 4.78 is 31.8. The number of nitrogens with zero attached hydrogens (tertiary/aromatic N) is 2. The van der Waals surface area contributed by atoms with Crippen molar-refractivity contribution in [2.24, 2.45) is 0 Å². The van der Waals surface area contributed by atoms with E-state index in [9.17, 15) is 13.2 Å². The number of rotatable bonds is 9. The van der Waals surface area contributed by atoms with Crippen molar-refractivity contribution < 1.29 is 23.1 Å². The van der Waals surface area contributed by atoms with E-state index in [0.717, 1.165) is 25.0 Å². The molecular weight excluding hydrogens is 424 g/mol. The molecule has 0 radical (unpaired) electrons. The van der Waals surface area contributed by atoms with Crippen LogP contribution in [0, 0.1) is 0 Å². The van der Waals surface area contributed by atoms with Gasteiger partial charge in [0.1, 0.15) is 16.8 Å². The lowest BCUT2D eigenvalue weighted by molar-refractivity contribution is 0.0981. The SMILES string of the molecule is CC(C)NC(=O)O[C@@H]1CC[C@H](c2cc(Nc3ccc(S(=O)(=O)NCCO)cn3)n[nH]2)C1. The number of hydrogen-bond donors (Lipinski definition) is 5. The van der Waals surface area contributed by atoms with Gasteiger partial charge in [0.2, 0.25) is 10.0 Å². The number of aromatic amines is 1. The molecule has 1 aliphatic rings. The predicted octanol–water partition coefficient (Wildman–Crippen LogP) is 1.59. The first-order chi connectivity index (χ1) is 14.8. The average Bonchev–Trinajstić information content (AvgIpc) is 3.35. The van der Waals surface area contributed by atoms with Gasteiger partial charge in [0, 0.05) is 36.5 Å². The Morgan fingerprint density at radius 3 is 2.81 bits per heavy atom. The molecule has 0 aliphatic heterocycles. The van der Waals surface area contributed by atoms with Gasteiger partial charge < -0.3 is 20.5 Å². The van der Waals surface area contributed by atoms with Crippen molar-refractivity contribution in [3.8, 4) is 0 Å². The van der Waals surface area contributed by atoms with Crippen LogP contribution < -0.4 is 15.4 Å². The van der Waals surface area contributed by atoms with Crippen LogP contribution in [0.25, 0.3) is 0 Å². The van der Waals surface area contributed by atoms with E-state index >= 15 is 0 Å². The maximum Gasteiger partial charge on any atom is 0.407 e. The molecule has 0 unspecified atom stereocenters. The molecule has 5 N–H and O–H groups in total. The number of amides is 1. The number of pyridine rings is 1. The number of carbonyl (C=O) groups excluding carboxylic acids is 1. The summed E-state index contributed by atoms with van der Waals surface area (Å²) in [6.45, 7) is 3.42. The average molecular weight is 453 g/mol. The summed E-state index contributed by atoms with van der Waals surface area (Å²) in [7, 11) is -3.70. The lowest BCUT2D eigenvalue weighted by atomic mass is 10.0. The van der Waals surface area contributed by atoms with E-state index in [4.69, 9.17) is 9.84 Å². The Kier molecular flexibility index (Phi) is 7.46. The zero-order valence-electron chi connectivity index (χ0n) is 17.5. The number of alkyl carbamates (subject to hydrolysis) is 1. The van der Waals surface area contributed by atoms with Crippen LogP contribution in [0.2, 0.25) is 0 Å². The zero-order valence-corrected chi connectivity index (χ0v) is 18.3. The fourth-order valence-corrected chi connectivity index (χ4v) is 4.33. The molecule has 2 aromatic rings. The van der Waals surface area contributed by atoms with Gasteiger partial charge in [0.15, 0.2) is 5.82 Å². The topological polar surface area (TPSA) is 158 Å². The van der Waals surface area contributed by atoms with Crippen molar-refractivity contribution in [1.29, 1.82) is 0 Å². The maximum atomic E-state index is 12.0. The number of aromatic nitrogens is 3. The minimum Gasteiger partial charge on any atom is -0.446 e. The third-order valence-electron chi connectivity index (χ3n) is 4.81. The summed E-state index contributed by atoms with van der Waals surface area (Å²) in [4.78, 5) is 15.9. The van der Waals surface area contributed by atoms with Crippen LogP contribution in [0.1, 0.15) is 44.7 Å². The van der Waals surface area contributed by atoms with Gasteiger partial charge in [-0.25, -0.2) is 22.9 Å². The first-order valence-corrected chi connectivity index (χ1v) is 11.6. The monoisotopic (exact) mass is 452 g/mol. The standard InChI is InChI=1S/C19H28N6O5S/c1-12(2)22-19(27)30-14-4-3-13(9-14)16-10-18(25-24-16)23-17-6-5-15(11-20-17)31(28,29)21-7-8-26/h5-6,10-14,21,26H,3-4,7-9H2,1-2H3,(H,22,27)(H2,20,23,24,25)/t13-,14+/m0/s1. The summed E-state index contributed by atoms with van der Waals surface area (Å²) in [5.41, 5.74) is 0.935. The Morgan fingerprint density at radius 2 is 2.13 bits per heavy atom. The molecule has 3 rings (SSSR count).